The minimum atomic E-state index is -0.684. The van der Waals surface area contributed by atoms with Crippen LogP contribution in [0.4, 0.5) is 10.8 Å². The number of hydrogen-bond donors (Lipinski definition) is 0. The largest absolute Gasteiger partial charge is 0.475 e. The van der Waals surface area contributed by atoms with E-state index >= 15 is 0 Å². The van der Waals surface area contributed by atoms with Crippen LogP contribution in [0.2, 0.25) is 0 Å². The fourth-order valence-electron chi connectivity index (χ4n) is 2.04. The van der Waals surface area contributed by atoms with Crippen molar-refractivity contribution < 1.29 is 24.0 Å². The molecule has 9 nitrogen and oxygen atoms in total. The Morgan fingerprint density at radius 1 is 1.35 bits per heavy atom. The Morgan fingerprint density at radius 3 is 2.73 bits per heavy atom. The van der Waals surface area contributed by atoms with E-state index in [0.29, 0.717) is 17.4 Å². The Morgan fingerprint density at radius 2 is 2.08 bits per heavy atom. The lowest BCUT2D eigenvalue weighted by atomic mass is 10.3. The molecular weight excluding hydrogens is 362 g/mol. The van der Waals surface area contributed by atoms with Crippen molar-refractivity contribution in [2.75, 3.05) is 18.1 Å². The lowest BCUT2D eigenvalue weighted by Gasteiger charge is -2.14. The van der Waals surface area contributed by atoms with Gasteiger partial charge in [0, 0.05) is 24.9 Å². The van der Waals surface area contributed by atoms with Gasteiger partial charge in [-0.2, -0.15) is 0 Å². The van der Waals surface area contributed by atoms with E-state index in [1.54, 1.807) is 11.4 Å². The van der Waals surface area contributed by atoms with Gasteiger partial charge in [-0.05, 0) is 13.0 Å². The van der Waals surface area contributed by atoms with Gasteiger partial charge in [0.25, 0.3) is 0 Å². The third-order valence-electron chi connectivity index (χ3n) is 3.26. The number of ether oxygens (including phenoxy) is 2. The lowest BCUT2D eigenvalue weighted by Crippen LogP contribution is -2.27. The Labute approximate surface area is 153 Å². The molecule has 2 aromatic rings. The maximum Gasteiger partial charge on any atom is 0.344 e. The van der Waals surface area contributed by atoms with Crippen LogP contribution >= 0.6 is 11.3 Å². The molecule has 0 saturated heterocycles. The van der Waals surface area contributed by atoms with Crippen LogP contribution in [0.25, 0.3) is 0 Å². The summed E-state index contributed by atoms with van der Waals surface area (Å²) in [7, 11) is 0. The van der Waals surface area contributed by atoms with E-state index in [2.05, 4.69) is 4.98 Å². The highest BCUT2D eigenvalue weighted by Gasteiger charge is 2.17. The van der Waals surface area contributed by atoms with Gasteiger partial charge >= 0.3 is 11.7 Å². The van der Waals surface area contributed by atoms with Crippen LogP contribution in [-0.4, -0.2) is 34.9 Å². The van der Waals surface area contributed by atoms with E-state index in [4.69, 9.17) is 9.47 Å². The van der Waals surface area contributed by atoms with Gasteiger partial charge in [-0.15, -0.1) is 11.3 Å². The molecule has 1 aromatic heterocycles. The maximum atomic E-state index is 11.8. The molecule has 0 bridgehead atoms. The number of benzene rings is 1. The van der Waals surface area contributed by atoms with E-state index < -0.39 is 17.5 Å². The first kappa shape index (κ1) is 19.3. The summed E-state index contributed by atoms with van der Waals surface area (Å²) in [5.41, 5.74) is 0.275. The number of nitro benzene ring substituents is 1. The second-order valence-corrected chi connectivity index (χ2v) is 5.90. The number of thiazole rings is 1. The summed E-state index contributed by atoms with van der Waals surface area (Å²) in [5.74, 6) is -0.815. The van der Waals surface area contributed by atoms with E-state index in [1.807, 2.05) is 6.92 Å². The van der Waals surface area contributed by atoms with Gasteiger partial charge < -0.3 is 9.47 Å². The Hall–Kier alpha value is -3.01. The van der Waals surface area contributed by atoms with E-state index in [0.717, 1.165) is 0 Å². The highest BCUT2D eigenvalue weighted by atomic mass is 32.1. The van der Waals surface area contributed by atoms with Crippen molar-refractivity contribution in [1.82, 2.24) is 4.98 Å². The third-order valence-corrected chi connectivity index (χ3v) is 4.17. The standard InChI is InChI=1S/C16H17N3O6S/c1-3-18(11(2)20)16-17-12(10-26-16)8-25-15(21)9-24-14-7-5-4-6-13(14)19(22)23/h4-7,10H,3,8-9H2,1-2H3. The van der Waals surface area contributed by atoms with E-state index in [1.165, 1.54) is 41.4 Å². The molecule has 0 radical (unpaired) electrons. The Kier molecular flexibility index (Phi) is 6.61. The predicted molar refractivity (Wildman–Crippen MR) is 94.2 cm³/mol. The first-order chi connectivity index (χ1) is 12.4. The van der Waals surface area contributed by atoms with Crippen molar-refractivity contribution in [3.05, 3.63) is 45.5 Å². The Bertz CT molecular complexity index is 807. The average molecular weight is 379 g/mol. The summed E-state index contributed by atoms with van der Waals surface area (Å²) in [4.78, 5) is 39.3. The molecule has 138 valence electrons. The number of carbonyl (C=O) groups is 2. The van der Waals surface area contributed by atoms with Crippen LogP contribution in [0.3, 0.4) is 0 Å². The molecule has 0 N–H and O–H groups in total. The first-order valence-electron chi connectivity index (χ1n) is 7.66. The second kappa shape index (κ2) is 8.90. The van der Waals surface area contributed by atoms with Crippen molar-refractivity contribution >= 4 is 34.0 Å². The SMILES string of the molecule is CCN(C(C)=O)c1nc(COC(=O)COc2ccccc2[N+](=O)[O-])cs1. The summed E-state index contributed by atoms with van der Waals surface area (Å²) in [6, 6.07) is 5.76. The smallest absolute Gasteiger partial charge is 0.344 e. The van der Waals surface area contributed by atoms with Gasteiger partial charge in [-0.1, -0.05) is 12.1 Å². The average Bonchev–Trinajstić information content (AvgIpc) is 3.07. The fourth-order valence-corrected chi connectivity index (χ4v) is 2.96. The van der Waals surface area contributed by atoms with Gasteiger partial charge in [0.1, 0.15) is 6.61 Å². The number of para-hydroxylation sites is 2. The normalized spacial score (nSPS) is 10.2. The monoisotopic (exact) mass is 379 g/mol. The lowest BCUT2D eigenvalue weighted by molar-refractivity contribution is -0.385. The molecule has 2 rings (SSSR count). The summed E-state index contributed by atoms with van der Waals surface area (Å²) >= 11 is 1.27. The molecule has 0 fully saturated rings. The van der Waals surface area contributed by atoms with Crippen LogP contribution in [0.1, 0.15) is 19.5 Å². The van der Waals surface area contributed by atoms with Crippen molar-refractivity contribution in [2.24, 2.45) is 0 Å². The third kappa shape index (κ3) is 4.99. The number of rotatable bonds is 8. The van der Waals surface area contributed by atoms with Crippen LogP contribution in [0.5, 0.6) is 5.75 Å². The van der Waals surface area contributed by atoms with Crippen LogP contribution in [-0.2, 0) is 20.9 Å². The van der Waals surface area contributed by atoms with Gasteiger partial charge in [0.2, 0.25) is 5.91 Å². The minimum absolute atomic E-state index is 0.00885. The molecule has 1 aromatic carbocycles. The number of anilines is 1. The second-order valence-electron chi connectivity index (χ2n) is 5.06. The fraction of sp³-hybridized carbons (Fsp3) is 0.312. The van der Waals surface area contributed by atoms with Crippen molar-refractivity contribution in [3.63, 3.8) is 0 Å². The zero-order valence-electron chi connectivity index (χ0n) is 14.2. The molecule has 0 spiro atoms. The van der Waals surface area contributed by atoms with Crippen LogP contribution < -0.4 is 9.64 Å². The summed E-state index contributed by atoms with van der Waals surface area (Å²) in [5, 5.41) is 13.1. The molecular formula is C16H17N3O6S. The van der Waals surface area contributed by atoms with E-state index in [-0.39, 0.29) is 24.0 Å². The van der Waals surface area contributed by atoms with Crippen LogP contribution in [0.15, 0.2) is 29.6 Å². The summed E-state index contributed by atoms with van der Waals surface area (Å²) < 4.78 is 10.2. The van der Waals surface area contributed by atoms with Crippen molar-refractivity contribution in [3.8, 4) is 5.75 Å². The number of aromatic nitrogens is 1. The number of carbonyl (C=O) groups excluding carboxylic acids is 2. The van der Waals surface area contributed by atoms with Gasteiger partial charge in [0.05, 0.1) is 10.6 Å². The molecule has 0 aliphatic rings. The summed E-state index contributed by atoms with van der Waals surface area (Å²) in [6.07, 6.45) is 0. The first-order valence-corrected chi connectivity index (χ1v) is 8.54. The van der Waals surface area contributed by atoms with Gasteiger partial charge in [-0.3, -0.25) is 19.8 Å². The molecule has 0 aliphatic carbocycles. The molecule has 0 saturated carbocycles. The van der Waals surface area contributed by atoms with E-state index in [9.17, 15) is 19.7 Å². The number of amides is 1. The van der Waals surface area contributed by atoms with Crippen molar-refractivity contribution in [1.29, 1.82) is 0 Å². The predicted octanol–water partition coefficient (Wildman–Crippen LogP) is 2.55. The molecule has 10 heteroatoms. The molecule has 0 unspecified atom stereocenters. The maximum absolute atomic E-state index is 11.8. The van der Waals surface area contributed by atoms with Crippen molar-refractivity contribution in [2.45, 2.75) is 20.5 Å². The zero-order chi connectivity index (χ0) is 19.1. The molecule has 0 atom stereocenters. The number of nitro groups is 1. The van der Waals surface area contributed by atoms with Gasteiger partial charge in [-0.25, -0.2) is 9.78 Å². The topological polar surface area (TPSA) is 112 Å². The molecule has 0 aliphatic heterocycles. The number of esters is 1. The highest BCUT2D eigenvalue weighted by molar-refractivity contribution is 7.14. The van der Waals surface area contributed by atoms with Gasteiger partial charge in [0.15, 0.2) is 17.5 Å². The highest BCUT2D eigenvalue weighted by Crippen LogP contribution is 2.25. The van der Waals surface area contributed by atoms with Crippen LogP contribution in [0, 0.1) is 10.1 Å². The molecule has 26 heavy (non-hydrogen) atoms. The molecule has 1 heterocycles. The number of hydrogen-bond acceptors (Lipinski definition) is 8. The summed E-state index contributed by atoms with van der Waals surface area (Å²) in [6.45, 7) is 3.24. The minimum Gasteiger partial charge on any atom is -0.475 e. The number of nitrogens with zero attached hydrogens (tertiary/aromatic N) is 3. The molecule has 1 amide bonds. The quantitative estimate of drug-likeness (QED) is 0.393. The Balaban J connectivity index is 1.87. The zero-order valence-corrected chi connectivity index (χ0v) is 15.0.